The molecule has 4 heteroatoms. The van der Waals surface area contributed by atoms with Crippen molar-refractivity contribution in [1.29, 1.82) is 0 Å². The molecule has 0 aromatic heterocycles. The van der Waals surface area contributed by atoms with E-state index in [2.05, 4.69) is 48.0 Å². The molecule has 0 N–H and O–H groups in total. The van der Waals surface area contributed by atoms with E-state index in [0.29, 0.717) is 6.61 Å². The summed E-state index contributed by atoms with van der Waals surface area (Å²) in [5.41, 5.74) is 3.38. The Labute approximate surface area is 157 Å². The lowest BCUT2D eigenvalue weighted by Crippen LogP contribution is -2.23. The fraction of sp³-hybridized carbons (Fsp3) is 0.381. The van der Waals surface area contributed by atoms with Gasteiger partial charge < -0.3 is 9.47 Å². The van der Waals surface area contributed by atoms with Crippen molar-refractivity contribution in [3.63, 3.8) is 0 Å². The fourth-order valence-corrected chi connectivity index (χ4v) is 3.84. The number of halogens is 1. The van der Waals surface area contributed by atoms with Crippen LogP contribution in [0.4, 0.5) is 0 Å². The molecule has 1 aliphatic rings. The highest BCUT2D eigenvalue weighted by Crippen LogP contribution is 2.48. The van der Waals surface area contributed by atoms with Crippen molar-refractivity contribution < 1.29 is 14.3 Å². The first-order valence-corrected chi connectivity index (χ1v) is 9.38. The third-order valence-corrected chi connectivity index (χ3v) is 5.10. The normalized spacial score (nSPS) is 17.8. The predicted molar refractivity (Wildman–Crippen MR) is 102 cm³/mol. The second-order valence-corrected chi connectivity index (χ2v) is 8.01. The molecule has 0 aliphatic heterocycles. The quantitative estimate of drug-likeness (QED) is 0.639. The highest BCUT2D eigenvalue weighted by atomic mass is 79.9. The second-order valence-electron chi connectivity index (χ2n) is 7.10. The number of carbonyl (C=O) groups excluding carboxylic acids is 1. The van der Waals surface area contributed by atoms with E-state index in [9.17, 15) is 4.79 Å². The minimum absolute atomic E-state index is 0.0137. The zero-order chi connectivity index (χ0) is 18.0. The first-order chi connectivity index (χ1) is 11.9. The van der Waals surface area contributed by atoms with E-state index >= 15 is 0 Å². The SMILES string of the molecule is CCOC(=O)Cc1ccccc1OC1c2cc(Br)ccc2CC1(C)C. The minimum atomic E-state index is -0.229. The second kappa shape index (κ2) is 7.20. The molecule has 25 heavy (non-hydrogen) atoms. The Morgan fingerprint density at radius 2 is 2.00 bits per heavy atom. The summed E-state index contributed by atoms with van der Waals surface area (Å²) < 4.78 is 12.6. The molecule has 0 saturated carbocycles. The summed E-state index contributed by atoms with van der Waals surface area (Å²) in [6.07, 6.45) is 1.14. The van der Waals surface area contributed by atoms with Crippen LogP contribution in [0.25, 0.3) is 0 Å². The Morgan fingerprint density at radius 1 is 1.24 bits per heavy atom. The van der Waals surface area contributed by atoms with Crippen LogP contribution >= 0.6 is 15.9 Å². The molecule has 0 heterocycles. The van der Waals surface area contributed by atoms with Crippen LogP contribution in [0, 0.1) is 5.41 Å². The third-order valence-electron chi connectivity index (χ3n) is 4.60. The van der Waals surface area contributed by atoms with Crippen LogP contribution in [0.2, 0.25) is 0 Å². The van der Waals surface area contributed by atoms with Gasteiger partial charge in [0, 0.05) is 15.5 Å². The summed E-state index contributed by atoms with van der Waals surface area (Å²) in [6.45, 7) is 6.65. The van der Waals surface area contributed by atoms with Gasteiger partial charge in [-0.1, -0.05) is 54.0 Å². The van der Waals surface area contributed by atoms with E-state index in [1.807, 2.05) is 31.2 Å². The van der Waals surface area contributed by atoms with Crippen molar-refractivity contribution in [3.8, 4) is 5.75 Å². The first-order valence-electron chi connectivity index (χ1n) is 8.59. The van der Waals surface area contributed by atoms with Gasteiger partial charge in [0.1, 0.15) is 11.9 Å². The first kappa shape index (κ1) is 18.0. The molecule has 1 unspecified atom stereocenters. The summed E-state index contributed by atoms with van der Waals surface area (Å²) in [5.74, 6) is 0.522. The Kier molecular flexibility index (Phi) is 5.19. The van der Waals surface area contributed by atoms with Crippen molar-refractivity contribution in [2.24, 2.45) is 5.41 Å². The Bertz CT molecular complexity index is 782. The number of ether oxygens (including phenoxy) is 2. The number of esters is 1. The Hall–Kier alpha value is -1.81. The number of rotatable bonds is 5. The topological polar surface area (TPSA) is 35.5 Å². The number of para-hydroxylation sites is 1. The summed E-state index contributed by atoms with van der Waals surface area (Å²) in [7, 11) is 0. The van der Waals surface area contributed by atoms with Gasteiger partial charge in [-0.25, -0.2) is 0 Å². The number of fused-ring (bicyclic) bond motifs is 1. The summed E-state index contributed by atoms with van der Waals surface area (Å²) in [5, 5.41) is 0. The molecular formula is C21H23BrO3. The molecule has 2 aromatic carbocycles. The van der Waals surface area contributed by atoms with E-state index < -0.39 is 0 Å². The van der Waals surface area contributed by atoms with Gasteiger partial charge in [-0.3, -0.25) is 4.79 Å². The molecule has 132 valence electrons. The molecule has 0 spiro atoms. The smallest absolute Gasteiger partial charge is 0.310 e. The molecule has 3 nitrogen and oxygen atoms in total. The number of hydrogen-bond acceptors (Lipinski definition) is 3. The molecule has 0 radical (unpaired) electrons. The maximum absolute atomic E-state index is 11.9. The van der Waals surface area contributed by atoms with Crippen LogP contribution in [-0.4, -0.2) is 12.6 Å². The maximum atomic E-state index is 11.9. The van der Waals surface area contributed by atoms with Crippen molar-refractivity contribution in [2.45, 2.75) is 39.7 Å². The van der Waals surface area contributed by atoms with E-state index in [1.165, 1.54) is 11.1 Å². The Balaban J connectivity index is 1.90. The summed E-state index contributed by atoms with van der Waals surface area (Å²) >= 11 is 3.56. The van der Waals surface area contributed by atoms with Gasteiger partial charge in [-0.2, -0.15) is 0 Å². The van der Waals surface area contributed by atoms with E-state index in [-0.39, 0.29) is 23.9 Å². The number of hydrogen-bond donors (Lipinski definition) is 0. The summed E-state index contributed by atoms with van der Waals surface area (Å²) in [4.78, 5) is 11.9. The van der Waals surface area contributed by atoms with Crippen LogP contribution in [-0.2, 0) is 22.4 Å². The zero-order valence-electron chi connectivity index (χ0n) is 14.8. The van der Waals surface area contributed by atoms with Crippen LogP contribution in [0.3, 0.4) is 0 Å². The van der Waals surface area contributed by atoms with Crippen molar-refractivity contribution in [1.82, 2.24) is 0 Å². The fourth-order valence-electron chi connectivity index (χ4n) is 3.46. The zero-order valence-corrected chi connectivity index (χ0v) is 16.4. The van der Waals surface area contributed by atoms with Gasteiger partial charge in [0.25, 0.3) is 0 Å². The third kappa shape index (κ3) is 3.90. The molecule has 2 aromatic rings. The maximum Gasteiger partial charge on any atom is 0.310 e. The lowest BCUT2D eigenvalue weighted by molar-refractivity contribution is -0.142. The monoisotopic (exact) mass is 402 g/mol. The van der Waals surface area contributed by atoms with Gasteiger partial charge in [0.15, 0.2) is 0 Å². The van der Waals surface area contributed by atoms with Crippen molar-refractivity contribution in [2.75, 3.05) is 6.61 Å². The van der Waals surface area contributed by atoms with Gasteiger partial charge in [-0.15, -0.1) is 0 Å². The van der Waals surface area contributed by atoms with Gasteiger partial charge in [0.2, 0.25) is 0 Å². The molecule has 1 aliphatic carbocycles. The van der Waals surface area contributed by atoms with Gasteiger partial charge >= 0.3 is 5.97 Å². The van der Waals surface area contributed by atoms with Gasteiger partial charge in [0.05, 0.1) is 13.0 Å². The average molecular weight is 403 g/mol. The molecule has 1 atom stereocenters. The summed E-state index contributed by atoms with van der Waals surface area (Å²) in [6, 6.07) is 14.1. The largest absolute Gasteiger partial charge is 0.485 e. The van der Waals surface area contributed by atoms with Crippen LogP contribution in [0.15, 0.2) is 46.9 Å². The van der Waals surface area contributed by atoms with Gasteiger partial charge in [-0.05, 0) is 42.7 Å². The molecule has 0 fully saturated rings. The van der Waals surface area contributed by atoms with Crippen molar-refractivity contribution >= 4 is 21.9 Å². The number of carbonyl (C=O) groups is 1. The lowest BCUT2D eigenvalue weighted by atomic mass is 9.87. The van der Waals surface area contributed by atoms with E-state index in [1.54, 1.807) is 0 Å². The molecule has 3 rings (SSSR count). The van der Waals surface area contributed by atoms with E-state index in [4.69, 9.17) is 9.47 Å². The lowest BCUT2D eigenvalue weighted by Gasteiger charge is -2.29. The molecule has 0 amide bonds. The molecular weight excluding hydrogens is 380 g/mol. The van der Waals surface area contributed by atoms with Crippen molar-refractivity contribution in [3.05, 3.63) is 63.6 Å². The van der Waals surface area contributed by atoms with E-state index in [0.717, 1.165) is 22.2 Å². The highest BCUT2D eigenvalue weighted by Gasteiger charge is 2.41. The molecule has 0 saturated heterocycles. The molecule has 0 bridgehead atoms. The van der Waals surface area contributed by atoms with Crippen LogP contribution in [0.1, 0.15) is 43.6 Å². The number of benzene rings is 2. The Morgan fingerprint density at radius 3 is 2.76 bits per heavy atom. The van der Waals surface area contributed by atoms with Crippen LogP contribution < -0.4 is 4.74 Å². The highest BCUT2D eigenvalue weighted by molar-refractivity contribution is 9.10. The predicted octanol–water partition coefficient (Wildman–Crippen LogP) is 5.26. The minimum Gasteiger partial charge on any atom is -0.485 e. The van der Waals surface area contributed by atoms with Crippen LogP contribution in [0.5, 0.6) is 5.75 Å². The standard InChI is InChI=1S/C21H23BrO3/c1-4-24-19(23)11-14-7-5-6-8-18(14)25-20-17-12-16(22)10-9-15(17)13-21(20,2)3/h5-10,12,20H,4,11,13H2,1-3H3. The average Bonchev–Trinajstić information content (AvgIpc) is 2.80.